The quantitative estimate of drug-likeness (QED) is 0.292. The Bertz CT molecular complexity index is 756. The summed E-state index contributed by atoms with van der Waals surface area (Å²) in [4.78, 5) is 11.9. The van der Waals surface area contributed by atoms with Gasteiger partial charge in [0.05, 0.1) is 29.1 Å². The lowest BCUT2D eigenvalue weighted by Gasteiger charge is -2.06. The van der Waals surface area contributed by atoms with E-state index in [2.05, 4.69) is 11.8 Å². The fourth-order valence-corrected chi connectivity index (χ4v) is 1.77. The third-order valence-electron chi connectivity index (χ3n) is 3.24. The third-order valence-corrected chi connectivity index (χ3v) is 3.24. The van der Waals surface area contributed by atoms with Gasteiger partial charge in [-0.1, -0.05) is 18.4 Å². The van der Waals surface area contributed by atoms with Gasteiger partial charge in [-0.15, -0.1) is 0 Å². The molecule has 24 heavy (non-hydrogen) atoms. The molecule has 4 N–H and O–H groups in total. The number of carbonyl (C=O) groups excluding carboxylic acids is 1. The van der Waals surface area contributed by atoms with Crippen LogP contribution in [0.25, 0.3) is 0 Å². The number of rotatable bonds is 4. The first-order chi connectivity index (χ1) is 11.3. The van der Waals surface area contributed by atoms with Crippen LogP contribution in [0.2, 0.25) is 0 Å². The van der Waals surface area contributed by atoms with E-state index in [9.17, 15) is 13.6 Å². The zero-order chi connectivity index (χ0) is 18.3. The average molecular weight is 334 g/mol. The van der Waals surface area contributed by atoms with Crippen molar-refractivity contribution in [1.82, 2.24) is 0 Å². The van der Waals surface area contributed by atoms with Crippen LogP contribution < -0.4 is 11.5 Å². The van der Waals surface area contributed by atoms with Gasteiger partial charge >= 0.3 is 5.97 Å². The molecule has 0 heterocycles. The summed E-state index contributed by atoms with van der Waals surface area (Å²) in [6.45, 7) is 5.55. The molecule has 0 unspecified atom stereocenters. The predicted molar refractivity (Wildman–Crippen MR) is 89.5 cm³/mol. The molecule has 0 saturated heterocycles. The Morgan fingerprint density at radius 3 is 2.58 bits per heavy atom. The molecule has 0 bridgehead atoms. The summed E-state index contributed by atoms with van der Waals surface area (Å²) in [5.41, 5.74) is 11.5. The van der Waals surface area contributed by atoms with Crippen LogP contribution in [0.5, 0.6) is 0 Å². The first-order valence-corrected chi connectivity index (χ1v) is 7.41. The molecule has 0 fully saturated rings. The molecule has 0 aliphatic carbocycles. The number of ether oxygens (including phenoxy) is 1. The molecule has 0 aliphatic heterocycles. The normalized spacial score (nSPS) is 12.1. The Labute approximate surface area is 140 Å². The summed E-state index contributed by atoms with van der Waals surface area (Å²) in [7, 11) is 0. The summed E-state index contributed by atoms with van der Waals surface area (Å²) in [6.07, 6.45) is 1.95. The summed E-state index contributed by atoms with van der Waals surface area (Å²) >= 11 is 0. The van der Waals surface area contributed by atoms with Crippen molar-refractivity contribution in [2.45, 2.75) is 27.2 Å². The number of benzene rings is 1. The van der Waals surface area contributed by atoms with Crippen LogP contribution >= 0.6 is 0 Å². The van der Waals surface area contributed by atoms with E-state index >= 15 is 0 Å². The topological polar surface area (TPSA) is 78.3 Å². The standard InChI is InChI=1S/C18H20F2N2O2/c1-4-11(3)14(18(23)24-5-2)10-12(21)6-7-13-15(19)8-9-16(22)17(13)20/h8-10H,4-5,21-22H2,1-3H3/b12-10-,14-11?. The van der Waals surface area contributed by atoms with Crippen molar-refractivity contribution in [3.63, 3.8) is 0 Å². The monoisotopic (exact) mass is 334 g/mol. The van der Waals surface area contributed by atoms with Crippen molar-refractivity contribution in [3.05, 3.63) is 52.2 Å². The first kappa shape index (κ1) is 19.2. The molecule has 128 valence electrons. The highest BCUT2D eigenvalue weighted by atomic mass is 19.1. The van der Waals surface area contributed by atoms with Gasteiger partial charge in [0, 0.05) is 0 Å². The second kappa shape index (κ2) is 8.73. The maximum absolute atomic E-state index is 13.8. The number of halogens is 2. The predicted octanol–water partition coefficient (Wildman–Crippen LogP) is 3.03. The van der Waals surface area contributed by atoms with Crippen LogP contribution in [-0.2, 0) is 9.53 Å². The molecule has 0 aromatic heterocycles. The Morgan fingerprint density at radius 1 is 1.33 bits per heavy atom. The lowest BCUT2D eigenvalue weighted by atomic mass is 10.1. The van der Waals surface area contributed by atoms with Crippen LogP contribution in [0.15, 0.2) is 35.1 Å². The van der Waals surface area contributed by atoms with E-state index < -0.39 is 23.2 Å². The fraction of sp³-hybridized carbons (Fsp3) is 0.278. The van der Waals surface area contributed by atoms with Crippen molar-refractivity contribution >= 4 is 11.7 Å². The Hall–Kier alpha value is -2.81. The second-order valence-corrected chi connectivity index (χ2v) is 4.94. The molecular formula is C18H20F2N2O2. The number of nitrogen functional groups attached to an aromatic ring is 1. The molecular weight excluding hydrogens is 314 g/mol. The minimum absolute atomic E-state index is 0.0212. The van der Waals surface area contributed by atoms with Gasteiger partial charge in [-0.3, -0.25) is 0 Å². The van der Waals surface area contributed by atoms with E-state index in [1.54, 1.807) is 13.8 Å². The van der Waals surface area contributed by atoms with Crippen molar-refractivity contribution in [3.8, 4) is 11.8 Å². The minimum atomic E-state index is -0.943. The summed E-state index contributed by atoms with van der Waals surface area (Å²) < 4.78 is 32.4. The van der Waals surface area contributed by atoms with Gasteiger partial charge in [-0.25, -0.2) is 13.6 Å². The minimum Gasteiger partial charge on any atom is -0.462 e. The number of anilines is 1. The van der Waals surface area contributed by atoms with Gasteiger partial charge in [0.1, 0.15) is 5.82 Å². The van der Waals surface area contributed by atoms with E-state index in [4.69, 9.17) is 16.2 Å². The van der Waals surface area contributed by atoms with Crippen molar-refractivity contribution < 1.29 is 18.3 Å². The van der Waals surface area contributed by atoms with E-state index in [0.717, 1.165) is 17.7 Å². The molecule has 0 aliphatic rings. The van der Waals surface area contributed by atoms with E-state index in [1.807, 2.05) is 6.92 Å². The van der Waals surface area contributed by atoms with Gasteiger partial charge in [0.25, 0.3) is 0 Å². The van der Waals surface area contributed by atoms with Crippen molar-refractivity contribution in [2.75, 3.05) is 12.3 Å². The van der Waals surface area contributed by atoms with E-state index in [-0.39, 0.29) is 23.6 Å². The van der Waals surface area contributed by atoms with Gasteiger partial charge in [-0.2, -0.15) is 0 Å². The van der Waals surface area contributed by atoms with Crippen LogP contribution in [0.3, 0.4) is 0 Å². The highest BCUT2D eigenvalue weighted by Gasteiger charge is 2.12. The summed E-state index contributed by atoms with van der Waals surface area (Å²) in [5.74, 6) is 2.42. The lowest BCUT2D eigenvalue weighted by Crippen LogP contribution is -2.10. The Kier molecular flexibility index (Phi) is 6.99. The number of carbonyl (C=O) groups is 1. The molecule has 1 rings (SSSR count). The molecule has 1 aromatic rings. The second-order valence-electron chi connectivity index (χ2n) is 4.94. The lowest BCUT2D eigenvalue weighted by molar-refractivity contribution is -0.138. The molecule has 1 aromatic carbocycles. The molecule has 0 amide bonds. The van der Waals surface area contributed by atoms with Crippen LogP contribution in [0, 0.1) is 23.5 Å². The molecule has 0 radical (unpaired) electrons. The summed E-state index contributed by atoms with van der Waals surface area (Å²) in [6, 6.07) is 2.13. The number of hydrogen-bond acceptors (Lipinski definition) is 4. The largest absolute Gasteiger partial charge is 0.462 e. The Balaban J connectivity index is 3.23. The van der Waals surface area contributed by atoms with Crippen molar-refractivity contribution in [1.29, 1.82) is 0 Å². The number of hydrogen-bond donors (Lipinski definition) is 2. The van der Waals surface area contributed by atoms with Crippen LogP contribution in [0.4, 0.5) is 14.5 Å². The summed E-state index contributed by atoms with van der Waals surface area (Å²) in [5, 5.41) is 0. The van der Waals surface area contributed by atoms with Gasteiger partial charge in [-0.05, 0) is 44.4 Å². The van der Waals surface area contributed by atoms with Gasteiger partial charge in [0.15, 0.2) is 5.82 Å². The Morgan fingerprint density at radius 2 is 2.00 bits per heavy atom. The van der Waals surface area contributed by atoms with Crippen LogP contribution in [-0.4, -0.2) is 12.6 Å². The first-order valence-electron chi connectivity index (χ1n) is 7.41. The molecule has 4 nitrogen and oxygen atoms in total. The van der Waals surface area contributed by atoms with Gasteiger partial charge in [0.2, 0.25) is 0 Å². The maximum atomic E-state index is 13.8. The number of esters is 1. The average Bonchev–Trinajstić information content (AvgIpc) is 2.55. The number of allylic oxidation sites excluding steroid dienone is 2. The fourth-order valence-electron chi connectivity index (χ4n) is 1.77. The smallest absolute Gasteiger partial charge is 0.338 e. The highest BCUT2D eigenvalue weighted by molar-refractivity contribution is 5.92. The van der Waals surface area contributed by atoms with Crippen molar-refractivity contribution in [2.24, 2.45) is 5.73 Å². The zero-order valence-electron chi connectivity index (χ0n) is 13.9. The molecule has 0 spiro atoms. The number of nitrogens with two attached hydrogens (primary N) is 2. The zero-order valence-corrected chi connectivity index (χ0v) is 13.9. The van der Waals surface area contributed by atoms with E-state index in [1.165, 1.54) is 6.08 Å². The van der Waals surface area contributed by atoms with Crippen LogP contribution in [0.1, 0.15) is 32.8 Å². The molecule has 0 saturated carbocycles. The SMILES string of the molecule is CCOC(=O)C(/C=C(\N)C#Cc1c(F)ccc(N)c1F)=C(C)CC. The molecule has 6 heteroatoms. The maximum Gasteiger partial charge on any atom is 0.338 e. The highest BCUT2D eigenvalue weighted by Crippen LogP contribution is 2.17. The van der Waals surface area contributed by atoms with E-state index in [0.29, 0.717) is 6.42 Å². The third kappa shape index (κ3) is 4.85. The van der Waals surface area contributed by atoms with Gasteiger partial charge < -0.3 is 16.2 Å². The molecule has 0 atom stereocenters.